The lowest BCUT2D eigenvalue weighted by molar-refractivity contribution is -0.136. The second kappa shape index (κ2) is 8.92. The van der Waals surface area contributed by atoms with Crippen molar-refractivity contribution < 1.29 is 13.2 Å². The van der Waals surface area contributed by atoms with Crippen LogP contribution in [0.15, 0.2) is 65.6 Å². The molecule has 2 aliphatic heterocycles. The van der Waals surface area contributed by atoms with Gasteiger partial charge < -0.3 is 4.90 Å². The summed E-state index contributed by atoms with van der Waals surface area (Å²) in [6.07, 6.45) is 4.09. The number of amides is 1. The Morgan fingerprint density at radius 2 is 1.60 bits per heavy atom. The number of halogens is 1. The van der Waals surface area contributed by atoms with Crippen molar-refractivity contribution in [1.82, 2.24) is 9.21 Å². The van der Waals surface area contributed by atoms with E-state index in [1.165, 1.54) is 27.6 Å². The first-order valence-electron chi connectivity index (χ1n) is 10.2. The van der Waals surface area contributed by atoms with Gasteiger partial charge in [0.1, 0.15) is 0 Å². The molecular weight excluding hydrogens is 420 g/mol. The predicted molar refractivity (Wildman–Crippen MR) is 119 cm³/mol. The van der Waals surface area contributed by atoms with Crippen LogP contribution in [0.1, 0.15) is 24.8 Å². The van der Waals surface area contributed by atoms with Gasteiger partial charge in [-0.2, -0.15) is 4.31 Å². The number of nitrogens with zero attached hydrogens (tertiary/aromatic N) is 2. The Morgan fingerprint density at radius 1 is 0.933 bits per heavy atom. The standard InChI is InChI=1S/C23H25ClN2O3S/c24-21-6-8-22(9-7-21)30(28,29)26-16-12-20(13-17-26)23(27)25-14-10-19(11-15-25)18-4-2-1-3-5-18/h1-10,20H,11-17H2. The first-order chi connectivity index (χ1) is 14.4. The van der Waals surface area contributed by atoms with E-state index in [2.05, 4.69) is 18.2 Å². The van der Waals surface area contributed by atoms with Crippen LogP contribution >= 0.6 is 11.6 Å². The third kappa shape index (κ3) is 4.46. The van der Waals surface area contributed by atoms with Crippen LogP contribution in [0.2, 0.25) is 5.02 Å². The number of carbonyl (C=O) groups excluding carboxylic acids is 1. The van der Waals surface area contributed by atoms with E-state index in [1.807, 2.05) is 23.1 Å². The van der Waals surface area contributed by atoms with Crippen LogP contribution in [-0.2, 0) is 14.8 Å². The molecule has 30 heavy (non-hydrogen) atoms. The molecule has 0 saturated carbocycles. The molecule has 0 N–H and O–H groups in total. The molecule has 0 spiro atoms. The first-order valence-corrected chi connectivity index (χ1v) is 12.1. The van der Waals surface area contributed by atoms with Gasteiger partial charge in [-0.15, -0.1) is 0 Å². The fourth-order valence-corrected chi connectivity index (χ4v) is 5.74. The Kier molecular flexibility index (Phi) is 6.27. The highest BCUT2D eigenvalue weighted by atomic mass is 35.5. The van der Waals surface area contributed by atoms with E-state index in [1.54, 1.807) is 12.1 Å². The topological polar surface area (TPSA) is 57.7 Å². The molecule has 0 aliphatic carbocycles. The van der Waals surface area contributed by atoms with E-state index >= 15 is 0 Å². The summed E-state index contributed by atoms with van der Waals surface area (Å²) in [5.74, 6) is 0.0234. The lowest BCUT2D eigenvalue weighted by Crippen LogP contribution is -2.45. The molecule has 1 saturated heterocycles. The average Bonchev–Trinajstić information content (AvgIpc) is 2.80. The zero-order chi connectivity index (χ0) is 21.1. The highest BCUT2D eigenvalue weighted by Gasteiger charge is 2.34. The number of rotatable bonds is 4. The maximum Gasteiger partial charge on any atom is 0.243 e. The Bertz CT molecular complexity index is 1030. The van der Waals surface area contributed by atoms with Crippen molar-refractivity contribution in [3.8, 4) is 0 Å². The van der Waals surface area contributed by atoms with Gasteiger partial charge in [0, 0.05) is 37.1 Å². The molecule has 5 nitrogen and oxygen atoms in total. The molecule has 7 heteroatoms. The van der Waals surface area contributed by atoms with Gasteiger partial charge in [-0.1, -0.05) is 48.0 Å². The Morgan fingerprint density at radius 3 is 2.20 bits per heavy atom. The lowest BCUT2D eigenvalue weighted by Gasteiger charge is -2.34. The molecule has 2 aliphatic rings. The van der Waals surface area contributed by atoms with Gasteiger partial charge in [0.15, 0.2) is 0 Å². The Hall–Kier alpha value is -2.15. The molecule has 0 bridgehead atoms. The quantitative estimate of drug-likeness (QED) is 0.714. The summed E-state index contributed by atoms with van der Waals surface area (Å²) in [5, 5.41) is 0.504. The van der Waals surface area contributed by atoms with Crippen molar-refractivity contribution >= 4 is 33.1 Å². The summed E-state index contributed by atoms with van der Waals surface area (Å²) in [6.45, 7) is 2.05. The van der Waals surface area contributed by atoms with Crippen LogP contribution in [0, 0.1) is 5.92 Å². The minimum Gasteiger partial charge on any atom is -0.338 e. The number of benzene rings is 2. The normalized spacial score (nSPS) is 18.8. The van der Waals surface area contributed by atoms with Gasteiger partial charge in [-0.05, 0) is 54.7 Å². The molecule has 4 rings (SSSR count). The average molecular weight is 445 g/mol. The van der Waals surface area contributed by atoms with E-state index in [0.717, 1.165) is 6.42 Å². The van der Waals surface area contributed by atoms with Crippen LogP contribution < -0.4 is 0 Å². The Labute approximate surface area is 183 Å². The van der Waals surface area contributed by atoms with E-state index in [0.29, 0.717) is 44.0 Å². The lowest BCUT2D eigenvalue weighted by atomic mass is 9.94. The van der Waals surface area contributed by atoms with Crippen molar-refractivity contribution in [2.45, 2.75) is 24.2 Å². The number of carbonyl (C=O) groups is 1. The number of hydrogen-bond acceptors (Lipinski definition) is 3. The van der Waals surface area contributed by atoms with Crippen molar-refractivity contribution in [1.29, 1.82) is 0 Å². The van der Waals surface area contributed by atoms with Gasteiger partial charge in [-0.3, -0.25) is 4.79 Å². The second-order valence-corrected chi connectivity index (χ2v) is 10.1. The number of piperidine rings is 1. The van der Waals surface area contributed by atoms with Crippen LogP contribution in [0.5, 0.6) is 0 Å². The third-order valence-corrected chi connectivity index (χ3v) is 8.08. The molecule has 0 atom stereocenters. The van der Waals surface area contributed by atoms with Crippen LogP contribution in [0.4, 0.5) is 0 Å². The first kappa shape index (κ1) is 21.1. The Balaban J connectivity index is 1.35. The molecular formula is C23H25ClN2O3S. The third-order valence-electron chi connectivity index (χ3n) is 5.92. The monoisotopic (exact) mass is 444 g/mol. The molecule has 2 aromatic rings. The SMILES string of the molecule is O=C(C1CCN(S(=O)(=O)c2ccc(Cl)cc2)CC1)N1CC=C(c2ccccc2)CC1. The summed E-state index contributed by atoms with van der Waals surface area (Å²) < 4.78 is 27.1. The van der Waals surface area contributed by atoms with Crippen molar-refractivity contribution in [2.75, 3.05) is 26.2 Å². The highest BCUT2D eigenvalue weighted by Crippen LogP contribution is 2.28. The fraction of sp³-hybridized carbons (Fsp3) is 0.348. The van der Waals surface area contributed by atoms with Gasteiger partial charge in [0.2, 0.25) is 15.9 Å². The zero-order valence-electron chi connectivity index (χ0n) is 16.7. The molecule has 2 heterocycles. The number of hydrogen-bond donors (Lipinski definition) is 0. The van der Waals surface area contributed by atoms with Crippen molar-refractivity contribution in [3.05, 3.63) is 71.3 Å². The largest absolute Gasteiger partial charge is 0.338 e. The van der Waals surface area contributed by atoms with E-state index in [-0.39, 0.29) is 16.7 Å². The molecule has 2 aromatic carbocycles. The van der Waals surface area contributed by atoms with Crippen molar-refractivity contribution in [3.63, 3.8) is 0 Å². The van der Waals surface area contributed by atoms with E-state index in [9.17, 15) is 13.2 Å². The minimum absolute atomic E-state index is 0.117. The van der Waals surface area contributed by atoms with Crippen LogP contribution in [-0.4, -0.2) is 49.7 Å². The molecule has 1 fully saturated rings. The van der Waals surface area contributed by atoms with Crippen LogP contribution in [0.25, 0.3) is 5.57 Å². The summed E-state index contributed by atoms with van der Waals surface area (Å²) in [4.78, 5) is 15.1. The number of sulfonamides is 1. The van der Waals surface area contributed by atoms with E-state index < -0.39 is 10.0 Å². The smallest absolute Gasteiger partial charge is 0.243 e. The summed E-state index contributed by atoms with van der Waals surface area (Å²) >= 11 is 5.86. The van der Waals surface area contributed by atoms with Gasteiger partial charge in [-0.25, -0.2) is 8.42 Å². The molecule has 0 aromatic heterocycles. The minimum atomic E-state index is -3.55. The van der Waals surface area contributed by atoms with Crippen LogP contribution in [0.3, 0.4) is 0 Å². The molecule has 158 valence electrons. The molecule has 1 amide bonds. The summed E-state index contributed by atoms with van der Waals surface area (Å²) in [5.41, 5.74) is 2.49. The maximum absolute atomic E-state index is 13.0. The zero-order valence-corrected chi connectivity index (χ0v) is 18.3. The second-order valence-electron chi connectivity index (χ2n) is 7.76. The maximum atomic E-state index is 13.0. The van der Waals surface area contributed by atoms with Gasteiger partial charge in [0.25, 0.3) is 0 Å². The molecule has 0 radical (unpaired) electrons. The fourth-order valence-electron chi connectivity index (χ4n) is 4.14. The summed E-state index contributed by atoms with van der Waals surface area (Å²) in [6, 6.07) is 16.5. The molecule has 0 unspecified atom stereocenters. The van der Waals surface area contributed by atoms with E-state index in [4.69, 9.17) is 11.6 Å². The van der Waals surface area contributed by atoms with Gasteiger partial charge in [0.05, 0.1) is 4.90 Å². The summed E-state index contributed by atoms with van der Waals surface area (Å²) in [7, 11) is -3.55. The van der Waals surface area contributed by atoms with Crippen molar-refractivity contribution in [2.24, 2.45) is 5.92 Å². The van der Waals surface area contributed by atoms with Gasteiger partial charge >= 0.3 is 0 Å². The highest BCUT2D eigenvalue weighted by molar-refractivity contribution is 7.89. The predicted octanol–water partition coefficient (Wildman–Crippen LogP) is 4.06.